The number of halogens is 1. The second-order valence-corrected chi connectivity index (χ2v) is 11.4. The molecule has 27 heavy (non-hydrogen) atoms. The highest BCUT2D eigenvalue weighted by Gasteiger charge is 2.61. The zero-order chi connectivity index (χ0) is 19.4. The highest BCUT2D eigenvalue weighted by Crippen LogP contribution is 2.68. The Hall–Kier alpha value is 0.0700. The molecule has 4 aliphatic rings. The zero-order valence-corrected chi connectivity index (χ0v) is 18.9. The SMILES string of the molecule is COC[C@@]1(O)CC[C@@]2(C)[C@@H](CCC3[C@@H]4CC[C@H](C(=O)CBr)C4(C)CC[C@@H]32)C1. The van der Waals surface area contributed by atoms with Gasteiger partial charge in [0, 0.05) is 13.0 Å². The molecule has 0 bridgehead atoms. The van der Waals surface area contributed by atoms with Crippen LogP contribution in [0.5, 0.6) is 0 Å². The number of rotatable bonds is 4. The molecule has 4 heteroatoms. The molecular formula is C23H37BrO3. The van der Waals surface area contributed by atoms with Gasteiger partial charge in [-0.2, -0.15) is 0 Å². The molecule has 1 N–H and O–H groups in total. The number of Topliss-reactive ketones (excluding diaryl/α,β-unsaturated/α-hetero) is 1. The van der Waals surface area contributed by atoms with Crippen molar-refractivity contribution < 1.29 is 14.6 Å². The van der Waals surface area contributed by atoms with Crippen LogP contribution in [0.25, 0.3) is 0 Å². The van der Waals surface area contributed by atoms with Crippen molar-refractivity contribution in [2.75, 3.05) is 19.0 Å². The van der Waals surface area contributed by atoms with Crippen molar-refractivity contribution in [1.29, 1.82) is 0 Å². The predicted molar refractivity (Wildman–Crippen MR) is 111 cm³/mol. The van der Waals surface area contributed by atoms with Gasteiger partial charge in [0.2, 0.25) is 0 Å². The Labute approximate surface area is 173 Å². The van der Waals surface area contributed by atoms with Gasteiger partial charge in [-0.1, -0.05) is 29.8 Å². The Balaban J connectivity index is 1.55. The fourth-order valence-corrected chi connectivity index (χ4v) is 8.74. The minimum atomic E-state index is -0.615. The molecule has 154 valence electrons. The Morgan fingerprint density at radius 2 is 1.78 bits per heavy atom. The molecule has 3 nitrogen and oxygen atoms in total. The molecule has 4 fully saturated rings. The van der Waals surface area contributed by atoms with E-state index >= 15 is 0 Å². The molecule has 8 atom stereocenters. The summed E-state index contributed by atoms with van der Waals surface area (Å²) >= 11 is 3.43. The number of methoxy groups -OCH3 is 1. The number of carbonyl (C=O) groups is 1. The Kier molecular flexibility index (Phi) is 5.34. The molecule has 2 unspecified atom stereocenters. The molecule has 0 saturated heterocycles. The zero-order valence-electron chi connectivity index (χ0n) is 17.3. The first kappa shape index (κ1) is 20.3. The minimum Gasteiger partial charge on any atom is -0.387 e. The van der Waals surface area contributed by atoms with E-state index in [1.807, 2.05) is 0 Å². The topological polar surface area (TPSA) is 46.5 Å². The lowest BCUT2D eigenvalue weighted by molar-refractivity contribution is -0.163. The first-order valence-electron chi connectivity index (χ1n) is 11.1. The van der Waals surface area contributed by atoms with Crippen LogP contribution in [0.3, 0.4) is 0 Å². The van der Waals surface area contributed by atoms with Crippen LogP contribution in [-0.4, -0.2) is 35.5 Å². The van der Waals surface area contributed by atoms with Gasteiger partial charge in [-0.25, -0.2) is 0 Å². The summed E-state index contributed by atoms with van der Waals surface area (Å²) in [6.07, 6.45) is 10.3. The lowest BCUT2D eigenvalue weighted by atomic mass is 9.44. The molecule has 0 aromatic carbocycles. The third-order valence-electron chi connectivity index (χ3n) is 9.75. The van der Waals surface area contributed by atoms with E-state index in [-0.39, 0.29) is 11.3 Å². The van der Waals surface area contributed by atoms with Gasteiger partial charge in [0.05, 0.1) is 17.5 Å². The summed E-state index contributed by atoms with van der Waals surface area (Å²) in [5.41, 5.74) is -0.0297. The van der Waals surface area contributed by atoms with Gasteiger partial charge in [0.25, 0.3) is 0 Å². The van der Waals surface area contributed by atoms with Crippen molar-refractivity contribution >= 4 is 21.7 Å². The highest BCUT2D eigenvalue weighted by atomic mass is 79.9. The smallest absolute Gasteiger partial charge is 0.147 e. The van der Waals surface area contributed by atoms with E-state index in [0.29, 0.717) is 29.1 Å². The monoisotopic (exact) mass is 440 g/mol. The fraction of sp³-hybridized carbons (Fsp3) is 0.957. The standard InChI is InChI=1S/C23H37BrO3/c1-21-10-11-23(26,14-27-3)12-15(21)4-5-16-17-6-7-19(20(25)13-24)22(17,2)9-8-18(16)21/h15-19,26H,4-14H2,1-3H3/t15-,16?,17-,18-,19+,21-,22?,23+/m0/s1. The fourth-order valence-electron chi connectivity index (χ4n) is 8.34. The average molecular weight is 441 g/mol. The lowest BCUT2D eigenvalue weighted by Gasteiger charge is -2.62. The van der Waals surface area contributed by atoms with Gasteiger partial charge in [0.1, 0.15) is 5.78 Å². The average Bonchev–Trinajstić information content (AvgIpc) is 2.99. The number of ether oxygens (including phenoxy) is 1. The van der Waals surface area contributed by atoms with Gasteiger partial charge in [-0.05, 0) is 92.3 Å². The molecule has 4 aliphatic carbocycles. The van der Waals surface area contributed by atoms with Crippen LogP contribution in [0.15, 0.2) is 0 Å². The van der Waals surface area contributed by atoms with Crippen LogP contribution >= 0.6 is 15.9 Å². The van der Waals surface area contributed by atoms with Crippen LogP contribution in [0, 0.1) is 40.4 Å². The first-order chi connectivity index (χ1) is 12.8. The number of fused-ring (bicyclic) bond motifs is 5. The van der Waals surface area contributed by atoms with E-state index in [4.69, 9.17) is 4.74 Å². The maximum atomic E-state index is 12.6. The van der Waals surface area contributed by atoms with Crippen molar-refractivity contribution in [3.05, 3.63) is 0 Å². The molecule has 0 aliphatic heterocycles. The van der Waals surface area contributed by atoms with E-state index < -0.39 is 5.60 Å². The van der Waals surface area contributed by atoms with Crippen LogP contribution in [0.2, 0.25) is 0 Å². The molecule has 0 amide bonds. The summed E-state index contributed by atoms with van der Waals surface area (Å²) < 4.78 is 5.33. The molecule has 4 rings (SSSR count). The van der Waals surface area contributed by atoms with Gasteiger partial charge in [0.15, 0.2) is 0 Å². The molecule has 0 aromatic rings. The summed E-state index contributed by atoms with van der Waals surface area (Å²) in [7, 11) is 1.70. The molecule has 0 heterocycles. The van der Waals surface area contributed by atoms with Crippen LogP contribution in [0.4, 0.5) is 0 Å². The summed E-state index contributed by atoms with van der Waals surface area (Å²) in [5, 5.41) is 11.5. The Morgan fingerprint density at radius 1 is 1.04 bits per heavy atom. The molecule has 0 spiro atoms. The van der Waals surface area contributed by atoms with E-state index in [1.54, 1.807) is 7.11 Å². The lowest BCUT2D eigenvalue weighted by Crippen LogP contribution is -2.56. The summed E-state index contributed by atoms with van der Waals surface area (Å²) in [5.74, 6) is 3.61. The number of hydrogen-bond acceptors (Lipinski definition) is 3. The van der Waals surface area contributed by atoms with Crippen LogP contribution < -0.4 is 0 Å². The minimum absolute atomic E-state index is 0.223. The molecule has 4 saturated carbocycles. The predicted octanol–water partition coefficient (Wildman–Crippen LogP) is 4.99. The maximum absolute atomic E-state index is 12.6. The molecule has 0 aromatic heterocycles. The third-order valence-corrected chi connectivity index (χ3v) is 10.3. The second-order valence-electron chi connectivity index (χ2n) is 10.8. The number of ketones is 1. The third kappa shape index (κ3) is 3.08. The highest BCUT2D eigenvalue weighted by molar-refractivity contribution is 9.09. The van der Waals surface area contributed by atoms with Crippen molar-refractivity contribution in [3.63, 3.8) is 0 Å². The molecular weight excluding hydrogens is 404 g/mol. The largest absolute Gasteiger partial charge is 0.387 e. The van der Waals surface area contributed by atoms with E-state index in [1.165, 1.54) is 32.1 Å². The summed E-state index contributed by atoms with van der Waals surface area (Å²) in [4.78, 5) is 12.6. The van der Waals surface area contributed by atoms with Gasteiger partial charge >= 0.3 is 0 Å². The van der Waals surface area contributed by atoms with Crippen molar-refractivity contribution in [2.24, 2.45) is 40.4 Å². The summed E-state index contributed by atoms with van der Waals surface area (Å²) in [6, 6.07) is 0. The number of carbonyl (C=O) groups excluding carboxylic acids is 1. The first-order valence-corrected chi connectivity index (χ1v) is 12.2. The number of alkyl halides is 1. The van der Waals surface area contributed by atoms with Crippen LogP contribution in [0.1, 0.15) is 71.6 Å². The number of hydrogen-bond donors (Lipinski definition) is 1. The van der Waals surface area contributed by atoms with Crippen molar-refractivity contribution in [3.8, 4) is 0 Å². The van der Waals surface area contributed by atoms with Crippen molar-refractivity contribution in [2.45, 2.75) is 77.2 Å². The normalized spacial score (nSPS) is 52.0. The second kappa shape index (κ2) is 7.09. The van der Waals surface area contributed by atoms with Gasteiger partial charge < -0.3 is 9.84 Å². The number of aliphatic hydroxyl groups is 1. The van der Waals surface area contributed by atoms with E-state index in [2.05, 4.69) is 29.8 Å². The van der Waals surface area contributed by atoms with Gasteiger partial charge in [-0.3, -0.25) is 4.79 Å². The maximum Gasteiger partial charge on any atom is 0.147 e. The van der Waals surface area contributed by atoms with Gasteiger partial charge in [-0.15, -0.1) is 0 Å². The molecule has 0 radical (unpaired) electrons. The Morgan fingerprint density at radius 3 is 2.48 bits per heavy atom. The van der Waals surface area contributed by atoms with Crippen molar-refractivity contribution in [1.82, 2.24) is 0 Å². The summed E-state index contributed by atoms with van der Waals surface area (Å²) in [6.45, 7) is 5.43. The van der Waals surface area contributed by atoms with E-state index in [9.17, 15) is 9.90 Å². The van der Waals surface area contributed by atoms with Crippen LogP contribution in [-0.2, 0) is 9.53 Å². The van der Waals surface area contributed by atoms with E-state index in [0.717, 1.165) is 43.4 Å². The Bertz CT molecular complexity index is 594. The quantitative estimate of drug-likeness (QED) is 0.626.